The lowest BCUT2D eigenvalue weighted by Crippen LogP contribution is -2.42. The minimum absolute atomic E-state index is 0.0246. The molecular weight excluding hydrogens is 254 g/mol. The predicted molar refractivity (Wildman–Crippen MR) is 66.5 cm³/mol. The molecule has 6 nitrogen and oxygen atoms in total. The van der Waals surface area contributed by atoms with Crippen LogP contribution in [0.4, 0.5) is 0 Å². The van der Waals surface area contributed by atoms with Crippen molar-refractivity contribution in [1.82, 2.24) is 15.6 Å². The normalized spacial score (nSPS) is 22.9. The number of carbonyl (C=O) groups is 2. The molecule has 1 aromatic heterocycles. The van der Waals surface area contributed by atoms with E-state index >= 15 is 0 Å². The number of rotatable bonds is 4. The lowest BCUT2D eigenvalue weighted by atomic mass is 10.0. The summed E-state index contributed by atoms with van der Waals surface area (Å²) in [6.07, 6.45) is 0.999. The predicted octanol–water partition coefficient (Wildman–Crippen LogP) is 0.456. The summed E-state index contributed by atoms with van der Waals surface area (Å²) in [6, 6.07) is -0.149. The fourth-order valence-electron chi connectivity index (χ4n) is 1.95. The Bertz CT molecular complexity index is 460. The maximum atomic E-state index is 11.9. The van der Waals surface area contributed by atoms with Crippen molar-refractivity contribution in [1.29, 1.82) is 0 Å². The van der Waals surface area contributed by atoms with Crippen LogP contribution in [0.5, 0.6) is 0 Å². The standard InChI is InChI=1S/C11H15N3O3S/c1-6-2-3-12-9(6)10(15)13-4-8-14-7(5-18-8)11(16)17/h5-6,9,12H,2-4H2,1H3,(H,13,15)(H,16,17). The van der Waals surface area contributed by atoms with Crippen LogP contribution in [0.25, 0.3) is 0 Å². The quantitative estimate of drug-likeness (QED) is 0.738. The lowest BCUT2D eigenvalue weighted by molar-refractivity contribution is -0.123. The first-order valence-corrected chi connectivity index (χ1v) is 6.64. The summed E-state index contributed by atoms with van der Waals surface area (Å²) in [7, 11) is 0. The van der Waals surface area contributed by atoms with E-state index in [1.807, 2.05) is 6.92 Å². The molecule has 2 heterocycles. The Morgan fingerprint density at radius 1 is 1.67 bits per heavy atom. The molecule has 2 rings (SSSR count). The molecule has 1 aliphatic heterocycles. The van der Waals surface area contributed by atoms with E-state index < -0.39 is 5.97 Å². The molecule has 0 spiro atoms. The Hall–Kier alpha value is -1.47. The minimum Gasteiger partial charge on any atom is -0.476 e. The number of hydrogen-bond donors (Lipinski definition) is 3. The number of hydrogen-bond acceptors (Lipinski definition) is 5. The van der Waals surface area contributed by atoms with Crippen LogP contribution >= 0.6 is 11.3 Å². The van der Waals surface area contributed by atoms with Gasteiger partial charge in [0.25, 0.3) is 0 Å². The number of carbonyl (C=O) groups excluding carboxylic acids is 1. The van der Waals surface area contributed by atoms with E-state index in [-0.39, 0.29) is 24.2 Å². The number of nitrogens with zero attached hydrogens (tertiary/aromatic N) is 1. The van der Waals surface area contributed by atoms with Crippen molar-refractivity contribution in [3.05, 3.63) is 16.1 Å². The fraction of sp³-hybridized carbons (Fsp3) is 0.545. The molecule has 1 amide bonds. The van der Waals surface area contributed by atoms with Gasteiger partial charge in [0, 0.05) is 5.38 Å². The van der Waals surface area contributed by atoms with Crippen molar-refractivity contribution in [2.45, 2.75) is 25.9 Å². The van der Waals surface area contributed by atoms with Gasteiger partial charge in [-0.05, 0) is 18.9 Å². The first kappa shape index (κ1) is 13.0. The molecule has 2 atom stereocenters. The first-order chi connectivity index (χ1) is 8.58. The van der Waals surface area contributed by atoms with Crippen molar-refractivity contribution in [2.75, 3.05) is 6.54 Å². The smallest absolute Gasteiger partial charge is 0.355 e. The van der Waals surface area contributed by atoms with E-state index in [2.05, 4.69) is 15.6 Å². The highest BCUT2D eigenvalue weighted by Crippen LogP contribution is 2.15. The van der Waals surface area contributed by atoms with E-state index in [9.17, 15) is 9.59 Å². The molecule has 0 saturated carbocycles. The Labute approximate surface area is 108 Å². The molecule has 98 valence electrons. The molecule has 7 heteroatoms. The van der Waals surface area contributed by atoms with Gasteiger partial charge >= 0.3 is 5.97 Å². The first-order valence-electron chi connectivity index (χ1n) is 5.76. The van der Waals surface area contributed by atoms with Crippen LogP contribution in [0.2, 0.25) is 0 Å². The highest BCUT2D eigenvalue weighted by Gasteiger charge is 2.28. The van der Waals surface area contributed by atoms with Crippen LogP contribution in [0.1, 0.15) is 28.8 Å². The molecule has 0 aliphatic carbocycles. The van der Waals surface area contributed by atoms with E-state index in [4.69, 9.17) is 5.11 Å². The number of carboxylic acid groups (broad SMARTS) is 1. The summed E-state index contributed by atoms with van der Waals surface area (Å²) in [5.41, 5.74) is 0.0246. The van der Waals surface area contributed by atoms with E-state index in [0.717, 1.165) is 13.0 Å². The molecule has 0 radical (unpaired) electrons. The zero-order chi connectivity index (χ0) is 13.1. The Morgan fingerprint density at radius 3 is 3.00 bits per heavy atom. The van der Waals surface area contributed by atoms with E-state index in [0.29, 0.717) is 10.9 Å². The van der Waals surface area contributed by atoms with Gasteiger partial charge in [0.1, 0.15) is 5.01 Å². The van der Waals surface area contributed by atoms with Gasteiger partial charge < -0.3 is 15.7 Å². The van der Waals surface area contributed by atoms with Crippen molar-refractivity contribution in [3.63, 3.8) is 0 Å². The third-order valence-electron chi connectivity index (χ3n) is 3.00. The van der Waals surface area contributed by atoms with E-state index in [1.165, 1.54) is 16.7 Å². The SMILES string of the molecule is CC1CCNC1C(=O)NCc1nc(C(=O)O)cs1. The van der Waals surface area contributed by atoms with Gasteiger partial charge in [-0.2, -0.15) is 0 Å². The molecule has 1 aromatic rings. The molecule has 1 saturated heterocycles. The molecule has 2 unspecified atom stereocenters. The highest BCUT2D eigenvalue weighted by atomic mass is 32.1. The second-order valence-electron chi connectivity index (χ2n) is 4.35. The minimum atomic E-state index is -1.05. The summed E-state index contributed by atoms with van der Waals surface area (Å²) in [5.74, 6) is -0.766. The van der Waals surface area contributed by atoms with Crippen LogP contribution < -0.4 is 10.6 Å². The molecule has 0 bridgehead atoms. The molecule has 18 heavy (non-hydrogen) atoms. The molecule has 1 fully saturated rings. The van der Waals surface area contributed by atoms with Crippen LogP contribution in [-0.4, -0.2) is 34.6 Å². The molecule has 1 aliphatic rings. The monoisotopic (exact) mass is 269 g/mol. The van der Waals surface area contributed by atoms with Gasteiger partial charge in [0.05, 0.1) is 12.6 Å². The van der Waals surface area contributed by atoms with Gasteiger partial charge in [-0.25, -0.2) is 9.78 Å². The van der Waals surface area contributed by atoms with Crippen molar-refractivity contribution < 1.29 is 14.7 Å². The molecular formula is C11H15N3O3S. The number of aromatic nitrogens is 1. The van der Waals surface area contributed by atoms with Gasteiger partial charge in [-0.15, -0.1) is 11.3 Å². The topological polar surface area (TPSA) is 91.3 Å². The van der Waals surface area contributed by atoms with Gasteiger partial charge in [-0.1, -0.05) is 6.92 Å². The molecule has 0 aromatic carbocycles. The maximum Gasteiger partial charge on any atom is 0.355 e. The average Bonchev–Trinajstić information content (AvgIpc) is 2.94. The van der Waals surface area contributed by atoms with Crippen LogP contribution in [0.15, 0.2) is 5.38 Å². The Balaban J connectivity index is 1.87. The van der Waals surface area contributed by atoms with Gasteiger partial charge in [-0.3, -0.25) is 4.79 Å². The van der Waals surface area contributed by atoms with Crippen LogP contribution in [0.3, 0.4) is 0 Å². The summed E-state index contributed by atoms with van der Waals surface area (Å²) in [6.45, 7) is 3.18. The Morgan fingerprint density at radius 2 is 2.44 bits per heavy atom. The summed E-state index contributed by atoms with van der Waals surface area (Å²) in [5, 5.41) is 16.7. The largest absolute Gasteiger partial charge is 0.476 e. The zero-order valence-electron chi connectivity index (χ0n) is 9.97. The average molecular weight is 269 g/mol. The second kappa shape index (κ2) is 5.45. The fourth-order valence-corrected chi connectivity index (χ4v) is 2.66. The summed E-state index contributed by atoms with van der Waals surface area (Å²) >= 11 is 1.24. The molecule has 3 N–H and O–H groups in total. The maximum absolute atomic E-state index is 11.9. The number of aromatic carboxylic acids is 1. The number of nitrogens with one attached hydrogen (secondary N) is 2. The summed E-state index contributed by atoms with van der Waals surface area (Å²) in [4.78, 5) is 26.4. The number of carboxylic acids is 1. The Kier molecular flexibility index (Phi) is 3.93. The van der Waals surface area contributed by atoms with Gasteiger partial charge in [0.2, 0.25) is 5.91 Å². The lowest BCUT2D eigenvalue weighted by Gasteiger charge is -2.14. The van der Waals surface area contributed by atoms with E-state index in [1.54, 1.807) is 0 Å². The third kappa shape index (κ3) is 2.85. The van der Waals surface area contributed by atoms with Crippen LogP contribution in [-0.2, 0) is 11.3 Å². The van der Waals surface area contributed by atoms with Crippen molar-refractivity contribution in [2.24, 2.45) is 5.92 Å². The zero-order valence-corrected chi connectivity index (χ0v) is 10.8. The van der Waals surface area contributed by atoms with Crippen molar-refractivity contribution in [3.8, 4) is 0 Å². The highest BCUT2D eigenvalue weighted by molar-refractivity contribution is 7.09. The van der Waals surface area contributed by atoms with Crippen molar-refractivity contribution >= 4 is 23.2 Å². The second-order valence-corrected chi connectivity index (χ2v) is 5.29. The number of thiazole rings is 1. The summed E-state index contributed by atoms with van der Waals surface area (Å²) < 4.78 is 0. The van der Waals surface area contributed by atoms with Crippen LogP contribution in [0, 0.1) is 5.92 Å². The van der Waals surface area contributed by atoms with Gasteiger partial charge in [0.15, 0.2) is 5.69 Å². The third-order valence-corrected chi connectivity index (χ3v) is 3.85. The number of amides is 1.